The van der Waals surface area contributed by atoms with Crippen LogP contribution in [0.2, 0.25) is 20.1 Å². The number of hydrogen-bond acceptors (Lipinski definition) is 4. The number of halogens is 4. The van der Waals surface area contributed by atoms with Crippen LogP contribution in [-0.2, 0) is 31.8 Å². The van der Waals surface area contributed by atoms with Gasteiger partial charge in [0.15, 0.2) is 12.4 Å². The Bertz CT molecular complexity index is 1010. The molecule has 2 aliphatic rings. The van der Waals surface area contributed by atoms with Crippen molar-refractivity contribution in [1.29, 1.82) is 0 Å². The van der Waals surface area contributed by atoms with Crippen molar-refractivity contribution in [3.8, 4) is 0 Å². The van der Waals surface area contributed by atoms with Crippen LogP contribution < -0.4 is 0 Å². The van der Waals surface area contributed by atoms with Crippen LogP contribution >= 0.6 is 46.4 Å². The van der Waals surface area contributed by atoms with Crippen LogP contribution in [0.25, 0.3) is 0 Å². The van der Waals surface area contributed by atoms with Crippen molar-refractivity contribution in [3.05, 3.63) is 80.3 Å². The SMILES string of the molecule is C=CC(=O)O[C@@H]1[C@@H]2OC[C@H](C[C@@]1(Cc1ccc(Cl)cc1Cl)Cc1cc(Cl)ccc1Cl)O2. The Morgan fingerprint density at radius 3 is 2.52 bits per heavy atom. The van der Waals surface area contributed by atoms with Gasteiger partial charge >= 0.3 is 5.97 Å². The van der Waals surface area contributed by atoms with Gasteiger partial charge in [-0.2, -0.15) is 0 Å². The van der Waals surface area contributed by atoms with E-state index in [1.807, 2.05) is 12.1 Å². The number of hydrogen-bond donors (Lipinski definition) is 0. The number of carbonyl (C=O) groups excluding carboxylic acids is 1. The molecular weight excluding hydrogens is 482 g/mol. The largest absolute Gasteiger partial charge is 0.453 e. The van der Waals surface area contributed by atoms with Crippen molar-refractivity contribution < 1.29 is 19.0 Å². The Balaban J connectivity index is 1.80. The molecule has 0 saturated carbocycles. The van der Waals surface area contributed by atoms with E-state index < -0.39 is 23.8 Å². The van der Waals surface area contributed by atoms with Gasteiger partial charge in [-0.25, -0.2) is 4.79 Å². The molecule has 4 nitrogen and oxygen atoms in total. The van der Waals surface area contributed by atoms with Crippen molar-refractivity contribution in [2.75, 3.05) is 6.61 Å². The highest BCUT2D eigenvalue weighted by atomic mass is 35.5. The third-order valence-electron chi connectivity index (χ3n) is 5.78. The standard InChI is InChI=1S/C23H20Cl4O4/c1-2-20(28)31-21-22-29-12-17(30-22)11-23(21,9-13-3-4-16(25)8-19(13)27)10-14-7-15(24)5-6-18(14)26/h2-8,17,21-22H,1,9-12H2/t17-,21+,22+,23+/m0/s1. The van der Waals surface area contributed by atoms with E-state index in [2.05, 4.69) is 6.58 Å². The first kappa shape index (κ1) is 22.9. The molecule has 0 spiro atoms. The Labute approximate surface area is 201 Å². The molecule has 2 saturated heterocycles. The first-order valence-electron chi connectivity index (χ1n) is 9.77. The zero-order chi connectivity index (χ0) is 22.2. The molecule has 2 aromatic carbocycles. The molecule has 31 heavy (non-hydrogen) atoms. The zero-order valence-corrected chi connectivity index (χ0v) is 19.5. The van der Waals surface area contributed by atoms with E-state index in [4.69, 9.17) is 60.6 Å². The Morgan fingerprint density at radius 1 is 1.06 bits per heavy atom. The summed E-state index contributed by atoms with van der Waals surface area (Å²) in [5.41, 5.74) is 1.12. The number of fused-ring (bicyclic) bond motifs is 2. The summed E-state index contributed by atoms with van der Waals surface area (Å²) in [7, 11) is 0. The summed E-state index contributed by atoms with van der Waals surface area (Å²) in [5.74, 6) is -0.550. The molecule has 4 rings (SSSR count). The zero-order valence-electron chi connectivity index (χ0n) is 16.5. The van der Waals surface area contributed by atoms with Crippen LogP contribution in [0, 0.1) is 5.41 Å². The average Bonchev–Trinajstić information content (AvgIpc) is 3.13. The van der Waals surface area contributed by atoms with Gasteiger partial charge in [0.25, 0.3) is 0 Å². The van der Waals surface area contributed by atoms with E-state index >= 15 is 0 Å². The maximum Gasteiger partial charge on any atom is 0.330 e. The molecule has 2 aliphatic heterocycles. The van der Waals surface area contributed by atoms with Gasteiger partial charge in [0.2, 0.25) is 0 Å². The molecular formula is C23H20Cl4O4. The maximum absolute atomic E-state index is 12.2. The highest BCUT2D eigenvalue weighted by molar-refractivity contribution is 6.35. The second-order valence-corrected chi connectivity index (χ2v) is 9.60. The van der Waals surface area contributed by atoms with E-state index in [0.29, 0.717) is 46.0 Å². The van der Waals surface area contributed by atoms with Crippen LogP contribution in [0.5, 0.6) is 0 Å². The highest BCUT2D eigenvalue weighted by Gasteiger charge is 2.55. The molecule has 0 aromatic heterocycles. The Hall–Kier alpha value is -1.27. The van der Waals surface area contributed by atoms with Crippen molar-refractivity contribution in [2.24, 2.45) is 5.41 Å². The number of benzene rings is 2. The molecule has 4 atom stereocenters. The van der Waals surface area contributed by atoms with Gasteiger partial charge in [0.1, 0.15) is 0 Å². The maximum atomic E-state index is 12.2. The Morgan fingerprint density at radius 2 is 1.77 bits per heavy atom. The lowest BCUT2D eigenvalue weighted by molar-refractivity contribution is -0.221. The Kier molecular flexibility index (Phi) is 6.87. The first-order valence-corrected chi connectivity index (χ1v) is 11.3. The molecule has 0 aliphatic carbocycles. The second kappa shape index (κ2) is 9.30. The second-order valence-electron chi connectivity index (χ2n) is 7.91. The third-order valence-corrected chi connectivity index (χ3v) is 6.97. The fraction of sp³-hybridized carbons (Fsp3) is 0.348. The van der Waals surface area contributed by atoms with Crippen LogP contribution in [0.1, 0.15) is 17.5 Å². The monoisotopic (exact) mass is 500 g/mol. The van der Waals surface area contributed by atoms with Gasteiger partial charge in [-0.3, -0.25) is 0 Å². The normalized spacial score (nSPS) is 27.2. The molecule has 2 heterocycles. The molecule has 0 amide bonds. The molecule has 0 N–H and O–H groups in total. The summed E-state index contributed by atoms with van der Waals surface area (Å²) in [4.78, 5) is 12.2. The van der Waals surface area contributed by atoms with Crippen molar-refractivity contribution in [1.82, 2.24) is 0 Å². The summed E-state index contributed by atoms with van der Waals surface area (Å²) in [6.45, 7) is 3.94. The number of rotatable bonds is 6. The van der Waals surface area contributed by atoms with Gasteiger partial charge in [-0.05, 0) is 60.7 Å². The van der Waals surface area contributed by atoms with Crippen LogP contribution in [0.15, 0.2) is 49.1 Å². The van der Waals surface area contributed by atoms with Crippen LogP contribution in [-0.4, -0.2) is 31.1 Å². The lowest BCUT2D eigenvalue weighted by Gasteiger charge is -2.46. The van der Waals surface area contributed by atoms with Crippen LogP contribution in [0.4, 0.5) is 0 Å². The van der Waals surface area contributed by atoms with E-state index in [9.17, 15) is 4.79 Å². The van der Waals surface area contributed by atoms with Gasteiger partial charge in [-0.1, -0.05) is 59.0 Å². The molecule has 2 aromatic rings. The van der Waals surface area contributed by atoms with Crippen LogP contribution in [0.3, 0.4) is 0 Å². The molecule has 164 valence electrons. The molecule has 2 fully saturated rings. The molecule has 0 radical (unpaired) electrons. The summed E-state index contributed by atoms with van der Waals surface area (Å²) in [6.07, 6.45) is 1.19. The van der Waals surface area contributed by atoms with Crippen molar-refractivity contribution in [2.45, 2.75) is 37.8 Å². The lowest BCUT2D eigenvalue weighted by atomic mass is 9.67. The number of carbonyl (C=O) groups is 1. The predicted molar refractivity (Wildman–Crippen MR) is 122 cm³/mol. The smallest absolute Gasteiger partial charge is 0.330 e. The molecule has 0 unspecified atom stereocenters. The van der Waals surface area contributed by atoms with E-state index in [1.165, 1.54) is 0 Å². The fourth-order valence-electron chi connectivity index (χ4n) is 4.46. The predicted octanol–water partition coefficient (Wildman–Crippen LogP) is 6.31. The van der Waals surface area contributed by atoms with Gasteiger partial charge in [0.05, 0.1) is 12.7 Å². The molecule has 8 heteroatoms. The fourth-order valence-corrected chi connectivity index (χ4v) is 5.31. The van der Waals surface area contributed by atoms with Gasteiger partial charge < -0.3 is 14.2 Å². The first-order chi connectivity index (χ1) is 14.8. The minimum absolute atomic E-state index is 0.132. The average molecular weight is 502 g/mol. The minimum atomic E-state index is -0.696. The van der Waals surface area contributed by atoms with E-state index in [0.717, 1.165) is 17.2 Å². The van der Waals surface area contributed by atoms with E-state index in [-0.39, 0.29) is 6.10 Å². The number of esters is 1. The van der Waals surface area contributed by atoms with Gasteiger partial charge in [0, 0.05) is 31.6 Å². The van der Waals surface area contributed by atoms with Gasteiger partial charge in [-0.15, -0.1) is 0 Å². The quantitative estimate of drug-likeness (QED) is 0.343. The topological polar surface area (TPSA) is 44.8 Å². The lowest BCUT2D eigenvalue weighted by Crippen LogP contribution is -2.53. The number of ether oxygens (including phenoxy) is 3. The summed E-state index contributed by atoms with van der Waals surface area (Å²) in [5, 5.41) is 2.24. The highest BCUT2D eigenvalue weighted by Crippen LogP contribution is 2.48. The minimum Gasteiger partial charge on any atom is -0.453 e. The van der Waals surface area contributed by atoms with Crippen molar-refractivity contribution >= 4 is 52.4 Å². The van der Waals surface area contributed by atoms with Crippen molar-refractivity contribution in [3.63, 3.8) is 0 Å². The molecule has 2 bridgehead atoms. The summed E-state index contributed by atoms with van der Waals surface area (Å²) in [6, 6.07) is 10.7. The third kappa shape index (κ3) is 4.90. The summed E-state index contributed by atoms with van der Waals surface area (Å²) >= 11 is 25.4. The van der Waals surface area contributed by atoms with E-state index in [1.54, 1.807) is 24.3 Å². The summed E-state index contributed by atoms with van der Waals surface area (Å²) < 4.78 is 17.6.